The van der Waals surface area contributed by atoms with Gasteiger partial charge in [0.15, 0.2) is 0 Å². The standard InChI is InChI=1S/C6H12BrF2N/c1-5(3-7)10(2)4-6(8)9/h5-6H,3-4H2,1-2H3. The largest absolute Gasteiger partial charge is 0.297 e. The smallest absolute Gasteiger partial charge is 0.251 e. The molecule has 0 aromatic heterocycles. The molecule has 0 heterocycles. The molecule has 0 amide bonds. The van der Waals surface area contributed by atoms with Gasteiger partial charge in [-0.05, 0) is 14.0 Å². The molecule has 0 saturated heterocycles. The fourth-order valence-corrected chi connectivity index (χ4v) is 1.01. The Morgan fingerprint density at radius 3 is 2.30 bits per heavy atom. The zero-order valence-corrected chi connectivity index (χ0v) is 7.74. The molecule has 0 aliphatic rings. The Balaban J connectivity index is 3.50. The van der Waals surface area contributed by atoms with Gasteiger partial charge in [-0.1, -0.05) is 15.9 Å². The molecule has 62 valence electrons. The minimum absolute atomic E-state index is 0.146. The SMILES string of the molecule is CC(CBr)N(C)CC(F)F. The molecule has 4 heteroatoms. The Morgan fingerprint density at radius 2 is 2.00 bits per heavy atom. The topological polar surface area (TPSA) is 3.24 Å². The molecule has 1 unspecified atom stereocenters. The number of alkyl halides is 3. The van der Waals surface area contributed by atoms with Crippen LogP contribution in [0.3, 0.4) is 0 Å². The Bertz CT molecular complexity index is 89.8. The lowest BCUT2D eigenvalue weighted by Crippen LogP contribution is -2.34. The highest BCUT2D eigenvalue weighted by Crippen LogP contribution is 2.02. The average molecular weight is 216 g/mol. The van der Waals surface area contributed by atoms with Crippen molar-refractivity contribution in [3.05, 3.63) is 0 Å². The lowest BCUT2D eigenvalue weighted by molar-refractivity contribution is 0.0888. The van der Waals surface area contributed by atoms with E-state index in [1.54, 1.807) is 11.9 Å². The second-order valence-corrected chi connectivity index (χ2v) is 2.98. The van der Waals surface area contributed by atoms with Gasteiger partial charge in [0.2, 0.25) is 0 Å². The van der Waals surface area contributed by atoms with Gasteiger partial charge >= 0.3 is 0 Å². The number of nitrogens with zero attached hydrogens (tertiary/aromatic N) is 1. The molecule has 0 aromatic carbocycles. The fourth-order valence-electron chi connectivity index (χ4n) is 0.515. The second-order valence-electron chi connectivity index (χ2n) is 2.33. The van der Waals surface area contributed by atoms with E-state index in [0.717, 1.165) is 5.33 Å². The van der Waals surface area contributed by atoms with Crippen LogP contribution < -0.4 is 0 Å². The Hall–Kier alpha value is 0.300. The van der Waals surface area contributed by atoms with Gasteiger partial charge in [0.1, 0.15) is 0 Å². The fraction of sp³-hybridized carbons (Fsp3) is 1.00. The summed E-state index contributed by atoms with van der Waals surface area (Å²) in [6, 6.07) is 0.175. The maximum atomic E-state index is 11.7. The Labute approximate surface area is 68.5 Å². The number of halogens is 3. The quantitative estimate of drug-likeness (QED) is 0.649. The normalized spacial score (nSPS) is 14.7. The molecule has 0 spiro atoms. The van der Waals surface area contributed by atoms with E-state index < -0.39 is 6.43 Å². The van der Waals surface area contributed by atoms with Crippen molar-refractivity contribution in [1.29, 1.82) is 0 Å². The first-order chi connectivity index (χ1) is 4.57. The second kappa shape index (κ2) is 5.02. The lowest BCUT2D eigenvalue weighted by Gasteiger charge is -2.21. The van der Waals surface area contributed by atoms with E-state index in [1.807, 2.05) is 6.92 Å². The predicted molar refractivity (Wildman–Crippen MR) is 41.9 cm³/mol. The predicted octanol–water partition coefficient (Wildman–Crippen LogP) is 1.97. The van der Waals surface area contributed by atoms with Crippen molar-refractivity contribution in [2.24, 2.45) is 0 Å². The van der Waals surface area contributed by atoms with Crippen molar-refractivity contribution >= 4 is 15.9 Å². The number of rotatable bonds is 4. The van der Waals surface area contributed by atoms with Crippen molar-refractivity contribution in [3.63, 3.8) is 0 Å². The lowest BCUT2D eigenvalue weighted by atomic mass is 10.3. The minimum atomic E-state index is -2.23. The van der Waals surface area contributed by atoms with Gasteiger partial charge in [-0.2, -0.15) is 0 Å². The van der Waals surface area contributed by atoms with Crippen LogP contribution in [-0.2, 0) is 0 Å². The summed E-state index contributed by atoms with van der Waals surface area (Å²) >= 11 is 3.22. The maximum Gasteiger partial charge on any atom is 0.251 e. The average Bonchev–Trinajstić information content (AvgIpc) is 1.85. The first-order valence-corrected chi connectivity index (χ1v) is 4.24. The summed E-state index contributed by atoms with van der Waals surface area (Å²) in [5, 5.41) is 0.732. The highest BCUT2D eigenvalue weighted by atomic mass is 79.9. The highest BCUT2D eigenvalue weighted by Gasteiger charge is 2.12. The van der Waals surface area contributed by atoms with E-state index in [4.69, 9.17) is 0 Å². The molecular formula is C6H12BrF2N. The van der Waals surface area contributed by atoms with Gasteiger partial charge in [0.05, 0.1) is 6.54 Å². The molecule has 0 bridgehead atoms. The van der Waals surface area contributed by atoms with Crippen LogP contribution in [0.2, 0.25) is 0 Å². The van der Waals surface area contributed by atoms with E-state index in [-0.39, 0.29) is 12.6 Å². The van der Waals surface area contributed by atoms with Crippen LogP contribution >= 0.6 is 15.9 Å². The molecule has 1 atom stereocenters. The van der Waals surface area contributed by atoms with E-state index in [9.17, 15) is 8.78 Å². The van der Waals surface area contributed by atoms with Gasteiger partial charge in [0, 0.05) is 11.4 Å². The van der Waals surface area contributed by atoms with Crippen molar-refractivity contribution in [2.75, 3.05) is 18.9 Å². The first-order valence-electron chi connectivity index (χ1n) is 3.12. The summed E-state index contributed by atoms with van der Waals surface area (Å²) in [7, 11) is 1.69. The molecule has 0 fully saturated rings. The summed E-state index contributed by atoms with van der Waals surface area (Å²) in [6.45, 7) is 1.75. The van der Waals surface area contributed by atoms with Crippen molar-refractivity contribution in [1.82, 2.24) is 4.90 Å². The monoisotopic (exact) mass is 215 g/mol. The number of hydrogen-bond donors (Lipinski definition) is 0. The summed E-state index contributed by atoms with van der Waals surface area (Å²) in [4.78, 5) is 1.62. The van der Waals surface area contributed by atoms with Gasteiger partial charge in [-0.25, -0.2) is 8.78 Å². The third-order valence-corrected chi connectivity index (χ3v) is 2.34. The zero-order chi connectivity index (χ0) is 8.15. The molecular weight excluding hydrogens is 204 g/mol. The summed E-state index contributed by atoms with van der Waals surface area (Å²) < 4.78 is 23.4. The summed E-state index contributed by atoms with van der Waals surface area (Å²) in [5.41, 5.74) is 0. The van der Waals surface area contributed by atoms with E-state index >= 15 is 0 Å². The molecule has 0 N–H and O–H groups in total. The molecule has 1 nitrogen and oxygen atoms in total. The van der Waals surface area contributed by atoms with Crippen LogP contribution in [0.5, 0.6) is 0 Å². The van der Waals surface area contributed by atoms with Crippen molar-refractivity contribution in [2.45, 2.75) is 19.4 Å². The van der Waals surface area contributed by atoms with Gasteiger partial charge < -0.3 is 0 Å². The Kier molecular flexibility index (Phi) is 5.17. The van der Waals surface area contributed by atoms with Crippen LogP contribution in [0.15, 0.2) is 0 Å². The molecule has 0 aliphatic carbocycles. The van der Waals surface area contributed by atoms with Crippen LogP contribution in [-0.4, -0.2) is 36.3 Å². The third kappa shape index (κ3) is 4.17. The number of hydrogen-bond acceptors (Lipinski definition) is 1. The highest BCUT2D eigenvalue weighted by molar-refractivity contribution is 9.09. The minimum Gasteiger partial charge on any atom is -0.297 e. The third-order valence-electron chi connectivity index (χ3n) is 1.40. The van der Waals surface area contributed by atoms with E-state index in [0.29, 0.717) is 0 Å². The van der Waals surface area contributed by atoms with Crippen LogP contribution in [0.1, 0.15) is 6.92 Å². The summed E-state index contributed by atoms with van der Waals surface area (Å²) in [5.74, 6) is 0. The zero-order valence-electron chi connectivity index (χ0n) is 6.15. The van der Waals surface area contributed by atoms with Crippen LogP contribution in [0, 0.1) is 0 Å². The van der Waals surface area contributed by atoms with Crippen molar-refractivity contribution in [3.8, 4) is 0 Å². The van der Waals surface area contributed by atoms with E-state index in [2.05, 4.69) is 15.9 Å². The van der Waals surface area contributed by atoms with E-state index in [1.165, 1.54) is 0 Å². The van der Waals surface area contributed by atoms with Crippen LogP contribution in [0.25, 0.3) is 0 Å². The first kappa shape index (κ1) is 10.3. The molecule has 0 rings (SSSR count). The molecule has 0 aromatic rings. The van der Waals surface area contributed by atoms with Gasteiger partial charge in [-0.15, -0.1) is 0 Å². The maximum absolute atomic E-state index is 11.7. The van der Waals surface area contributed by atoms with Crippen LogP contribution in [0.4, 0.5) is 8.78 Å². The molecule has 0 radical (unpaired) electrons. The molecule has 0 aliphatic heterocycles. The summed E-state index contributed by atoms with van der Waals surface area (Å²) in [6.07, 6.45) is -2.23. The molecule has 10 heavy (non-hydrogen) atoms. The molecule has 0 saturated carbocycles. The van der Waals surface area contributed by atoms with Crippen molar-refractivity contribution < 1.29 is 8.78 Å². The van der Waals surface area contributed by atoms with Gasteiger partial charge in [-0.3, -0.25) is 4.90 Å². The Morgan fingerprint density at radius 1 is 1.50 bits per heavy atom. The van der Waals surface area contributed by atoms with Gasteiger partial charge in [0.25, 0.3) is 6.43 Å².